The van der Waals surface area contributed by atoms with Crippen LogP contribution in [0.2, 0.25) is 0 Å². The van der Waals surface area contributed by atoms with Crippen LogP contribution in [0.5, 0.6) is 0 Å². The van der Waals surface area contributed by atoms with Crippen LogP contribution < -0.4 is 10.6 Å². The number of carboxylic acids is 1. The van der Waals surface area contributed by atoms with Crippen LogP contribution in [-0.2, 0) is 4.79 Å². The lowest BCUT2D eigenvalue weighted by Crippen LogP contribution is -2.49. The van der Waals surface area contributed by atoms with Crippen molar-refractivity contribution in [3.8, 4) is 0 Å². The maximum absolute atomic E-state index is 11.7. The highest BCUT2D eigenvalue weighted by Crippen LogP contribution is 2.17. The van der Waals surface area contributed by atoms with Crippen LogP contribution in [0.3, 0.4) is 0 Å². The number of benzene rings is 1. The molecule has 0 aliphatic carbocycles. The molecule has 0 bridgehead atoms. The maximum atomic E-state index is 11.7. The molecule has 110 valence electrons. The van der Waals surface area contributed by atoms with E-state index in [9.17, 15) is 14.7 Å². The first-order valence-electron chi connectivity index (χ1n) is 6.39. The minimum absolute atomic E-state index is 0.393. The van der Waals surface area contributed by atoms with Gasteiger partial charge in [-0.05, 0) is 30.5 Å². The summed E-state index contributed by atoms with van der Waals surface area (Å²) >= 11 is 0. The van der Waals surface area contributed by atoms with E-state index in [0.717, 1.165) is 5.56 Å². The third kappa shape index (κ3) is 4.55. The van der Waals surface area contributed by atoms with Gasteiger partial charge in [0.25, 0.3) is 0 Å². The van der Waals surface area contributed by atoms with Crippen LogP contribution in [-0.4, -0.2) is 34.4 Å². The Hall–Kier alpha value is -2.08. The number of hydrogen-bond acceptors (Lipinski definition) is 3. The fraction of sp³-hybridized carbons (Fsp3) is 0.429. The van der Waals surface area contributed by atoms with Crippen LogP contribution in [0.1, 0.15) is 32.3 Å². The van der Waals surface area contributed by atoms with E-state index >= 15 is 0 Å². The monoisotopic (exact) mass is 280 g/mol. The molecule has 6 nitrogen and oxygen atoms in total. The lowest BCUT2D eigenvalue weighted by Gasteiger charge is -2.17. The Bertz CT molecular complexity index is 469. The fourth-order valence-corrected chi connectivity index (χ4v) is 1.65. The topological polar surface area (TPSA) is 98.7 Å². The summed E-state index contributed by atoms with van der Waals surface area (Å²) in [6, 6.07) is 5.26. The average molecular weight is 280 g/mol. The highest BCUT2D eigenvalue weighted by atomic mass is 16.4. The molecule has 0 radical (unpaired) electrons. The zero-order valence-electron chi connectivity index (χ0n) is 11.8. The number of urea groups is 1. The number of nitrogens with one attached hydrogen (secondary N) is 2. The quantitative estimate of drug-likeness (QED) is 0.660. The van der Waals surface area contributed by atoms with Crippen molar-refractivity contribution in [1.82, 2.24) is 5.32 Å². The maximum Gasteiger partial charge on any atom is 0.328 e. The number of hydrogen-bond donors (Lipinski definition) is 4. The standard InChI is InChI=1S/C14H20N2O4/c1-8(2)10-4-6-11(7-5-10)15-14(20)16-12(9(3)17)13(18)19/h4-9,12,17H,1-3H3,(H,18,19)(H2,15,16,20). The molecule has 6 heteroatoms. The second-order valence-electron chi connectivity index (χ2n) is 4.93. The SMILES string of the molecule is CC(C)c1ccc(NC(=O)NC(C(=O)O)C(C)O)cc1. The van der Waals surface area contributed by atoms with E-state index in [4.69, 9.17) is 5.11 Å². The van der Waals surface area contributed by atoms with Gasteiger partial charge in [0.2, 0.25) is 0 Å². The molecule has 0 aromatic heterocycles. The number of carboxylic acid groups (broad SMARTS) is 1. The lowest BCUT2D eigenvalue weighted by molar-refractivity contribution is -0.141. The Kier molecular flexibility index (Phi) is 5.52. The summed E-state index contributed by atoms with van der Waals surface area (Å²) in [4.78, 5) is 22.5. The van der Waals surface area contributed by atoms with Gasteiger partial charge < -0.3 is 20.8 Å². The molecule has 0 spiro atoms. The number of rotatable bonds is 5. The summed E-state index contributed by atoms with van der Waals surface area (Å²) in [6.45, 7) is 5.43. The molecule has 4 N–H and O–H groups in total. The summed E-state index contributed by atoms with van der Waals surface area (Å²) in [5, 5.41) is 22.9. The van der Waals surface area contributed by atoms with Crippen molar-refractivity contribution in [2.75, 3.05) is 5.32 Å². The average Bonchev–Trinajstić information content (AvgIpc) is 2.35. The predicted octanol–water partition coefficient (Wildman–Crippen LogP) is 1.77. The Morgan fingerprint density at radius 3 is 2.05 bits per heavy atom. The smallest absolute Gasteiger partial charge is 0.328 e. The minimum Gasteiger partial charge on any atom is -0.480 e. The number of aliphatic carboxylic acids is 1. The number of aliphatic hydroxyl groups is 1. The summed E-state index contributed by atoms with van der Waals surface area (Å²) < 4.78 is 0. The van der Waals surface area contributed by atoms with Crippen LogP contribution in [0.4, 0.5) is 10.5 Å². The van der Waals surface area contributed by atoms with Crippen molar-refractivity contribution in [3.63, 3.8) is 0 Å². The zero-order valence-corrected chi connectivity index (χ0v) is 11.8. The molecule has 20 heavy (non-hydrogen) atoms. The van der Waals surface area contributed by atoms with Crippen molar-refractivity contribution in [2.24, 2.45) is 0 Å². The van der Waals surface area contributed by atoms with Gasteiger partial charge in [-0.25, -0.2) is 9.59 Å². The first-order valence-corrected chi connectivity index (χ1v) is 6.39. The van der Waals surface area contributed by atoms with Gasteiger partial charge in [0.05, 0.1) is 6.10 Å². The highest BCUT2D eigenvalue weighted by molar-refractivity contribution is 5.92. The normalized spacial score (nSPS) is 13.7. The Labute approximate surface area is 117 Å². The second kappa shape index (κ2) is 6.91. The summed E-state index contributed by atoms with van der Waals surface area (Å²) in [7, 11) is 0. The molecule has 0 heterocycles. The molecule has 1 aromatic rings. The van der Waals surface area contributed by atoms with Crippen LogP contribution in [0, 0.1) is 0 Å². The fourth-order valence-electron chi connectivity index (χ4n) is 1.65. The van der Waals surface area contributed by atoms with E-state index in [1.54, 1.807) is 12.1 Å². The molecule has 0 aliphatic heterocycles. The number of anilines is 1. The molecule has 0 aliphatic rings. The van der Waals surface area contributed by atoms with Gasteiger partial charge in [-0.2, -0.15) is 0 Å². The van der Waals surface area contributed by atoms with Crippen LogP contribution in [0.25, 0.3) is 0 Å². The van der Waals surface area contributed by atoms with Gasteiger partial charge in [0, 0.05) is 5.69 Å². The van der Waals surface area contributed by atoms with E-state index in [1.807, 2.05) is 12.1 Å². The molecule has 0 saturated carbocycles. The minimum atomic E-state index is -1.34. The van der Waals surface area contributed by atoms with Crippen LogP contribution in [0.15, 0.2) is 24.3 Å². The van der Waals surface area contributed by atoms with Crippen molar-refractivity contribution in [1.29, 1.82) is 0 Å². The molecule has 0 fully saturated rings. The van der Waals surface area contributed by atoms with E-state index < -0.39 is 24.1 Å². The molecular formula is C14H20N2O4. The zero-order chi connectivity index (χ0) is 15.3. The molecule has 0 saturated heterocycles. The molecule has 2 amide bonds. The first kappa shape index (κ1) is 16.0. The van der Waals surface area contributed by atoms with Gasteiger partial charge >= 0.3 is 12.0 Å². The molecular weight excluding hydrogens is 260 g/mol. The number of carbonyl (C=O) groups excluding carboxylic acids is 1. The second-order valence-corrected chi connectivity index (χ2v) is 4.93. The van der Waals surface area contributed by atoms with Crippen molar-refractivity contribution < 1.29 is 19.8 Å². The predicted molar refractivity (Wildman–Crippen MR) is 75.8 cm³/mol. The number of aliphatic hydroxyl groups excluding tert-OH is 1. The Balaban J connectivity index is 2.64. The van der Waals surface area contributed by atoms with Crippen molar-refractivity contribution in [3.05, 3.63) is 29.8 Å². The van der Waals surface area contributed by atoms with Gasteiger partial charge in [-0.1, -0.05) is 26.0 Å². The molecule has 2 atom stereocenters. The number of carbonyl (C=O) groups is 2. The van der Waals surface area contributed by atoms with Gasteiger partial charge in [-0.15, -0.1) is 0 Å². The van der Waals surface area contributed by atoms with E-state index in [-0.39, 0.29) is 0 Å². The Morgan fingerprint density at radius 1 is 1.10 bits per heavy atom. The molecule has 2 unspecified atom stereocenters. The summed E-state index contributed by atoms with van der Waals surface area (Å²) in [5.41, 5.74) is 1.70. The van der Waals surface area contributed by atoms with Gasteiger partial charge in [-0.3, -0.25) is 0 Å². The first-order chi connectivity index (χ1) is 9.31. The molecule has 1 aromatic carbocycles. The largest absolute Gasteiger partial charge is 0.480 e. The third-order valence-electron chi connectivity index (χ3n) is 2.87. The van der Waals surface area contributed by atoms with E-state index in [2.05, 4.69) is 24.5 Å². The van der Waals surface area contributed by atoms with E-state index in [1.165, 1.54) is 6.92 Å². The highest BCUT2D eigenvalue weighted by Gasteiger charge is 2.24. The number of amides is 2. The van der Waals surface area contributed by atoms with Crippen LogP contribution >= 0.6 is 0 Å². The summed E-state index contributed by atoms with van der Waals surface area (Å²) in [6.07, 6.45) is -1.18. The molecule has 1 rings (SSSR count). The van der Waals surface area contributed by atoms with Crippen molar-refractivity contribution >= 4 is 17.7 Å². The van der Waals surface area contributed by atoms with Crippen molar-refractivity contribution in [2.45, 2.75) is 38.8 Å². The lowest BCUT2D eigenvalue weighted by atomic mass is 10.0. The summed E-state index contributed by atoms with van der Waals surface area (Å²) in [5.74, 6) is -0.894. The third-order valence-corrected chi connectivity index (χ3v) is 2.87. The van der Waals surface area contributed by atoms with Gasteiger partial charge in [0.1, 0.15) is 0 Å². The Morgan fingerprint density at radius 2 is 1.65 bits per heavy atom. The van der Waals surface area contributed by atoms with Gasteiger partial charge in [0.15, 0.2) is 6.04 Å². The van der Waals surface area contributed by atoms with E-state index in [0.29, 0.717) is 11.6 Å².